The van der Waals surface area contributed by atoms with Gasteiger partial charge in [0, 0.05) is 40.4 Å². The monoisotopic (exact) mass is 282 g/mol. The number of hydrogen-bond donors (Lipinski definition) is 1. The minimum atomic E-state index is 0.702. The maximum absolute atomic E-state index is 5.12. The van der Waals surface area contributed by atoms with Crippen LogP contribution >= 0.6 is 0 Å². The maximum atomic E-state index is 5.12. The van der Waals surface area contributed by atoms with E-state index < -0.39 is 0 Å². The number of aromatic nitrogens is 2. The lowest BCUT2D eigenvalue weighted by molar-refractivity contribution is 0.109. The fourth-order valence-corrected chi connectivity index (χ4v) is 1.72. The summed E-state index contributed by atoms with van der Waals surface area (Å²) in [5, 5.41) is 3.22. The van der Waals surface area contributed by atoms with E-state index in [-0.39, 0.29) is 0 Å². The summed E-state index contributed by atoms with van der Waals surface area (Å²) in [5.74, 6) is 0.830. The van der Waals surface area contributed by atoms with Crippen LogP contribution in [-0.4, -0.2) is 61.9 Å². The summed E-state index contributed by atoms with van der Waals surface area (Å²) < 4.78 is 10.2. The number of nitrogens with one attached hydrogen (secondary N) is 1. The minimum absolute atomic E-state index is 0.702. The first-order valence-corrected chi connectivity index (χ1v) is 7.05. The zero-order chi connectivity index (χ0) is 14.6. The lowest BCUT2D eigenvalue weighted by atomic mass is 10.3. The molecule has 0 spiro atoms. The highest BCUT2D eigenvalue weighted by atomic mass is 16.5. The van der Waals surface area contributed by atoms with Gasteiger partial charge in [-0.05, 0) is 6.42 Å². The van der Waals surface area contributed by atoms with E-state index in [1.165, 1.54) is 0 Å². The molecule has 0 amide bonds. The number of ether oxygens (including phenoxy) is 2. The van der Waals surface area contributed by atoms with Crippen LogP contribution in [-0.2, 0) is 16.0 Å². The van der Waals surface area contributed by atoms with E-state index in [9.17, 15) is 0 Å². The van der Waals surface area contributed by atoms with Crippen molar-refractivity contribution in [2.45, 2.75) is 19.9 Å². The summed E-state index contributed by atoms with van der Waals surface area (Å²) in [6.45, 7) is 6.92. The van der Waals surface area contributed by atoms with E-state index in [0.717, 1.165) is 44.1 Å². The highest BCUT2D eigenvalue weighted by Crippen LogP contribution is 2.04. The molecule has 0 unspecified atom stereocenters. The topological polar surface area (TPSA) is 59.5 Å². The van der Waals surface area contributed by atoms with Crippen molar-refractivity contribution in [2.24, 2.45) is 0 Å². The van der Waals surface area contributed by atoms with Gasteiger partial charge in [0.15, 0.2) is 0 Å². The fraction of sp³-hybridized carbons (Fsp3) is 0.714. The number of anilines is 1. The van der Waals surface area contributed by atoms with Gasteiger partial charge in [-0.3, -0.25) is 9.88 Å². The maximum Gasteiger partial charge on any atom is 0.144 e. The van der Waals surface area contributed by atoms with Gasteiger partial charge < -0.3 is 14.8 Å². The average molecular weight is 282 g/mol. The van der Waals surface area contributed by atoms with Crippen LogP contribution in [0.15, 0.2) is 12.4 Å². The van der Waals surface area contributed by atoms with Crippen molar-refractivity contribution in [3.05, 3.63) is 18.1 Å². The van der Waals surface area contributed by atoms with Gasteiger partial charge in [-0.15, -0.1) is 0 Å². The van der Waals surface area contributed by atoms with Gasteiger partial charge in [-0.25, -0.2) is 4.98 Å². The molecule has 0 saturated carbocycles. The van der Waals surface area contributed by atoms with Crippen LogP contribution in [0.1, 0.15) is 19.0 Å². The lowest BCUT2D eigenvalue weighted by Crippen LogP contribution is -2.30. The van der Waals surface area contributed by atoms with Crippen molar-refractivity contribution < 1.29 is 9.47 Å². The predicted octanol–water partition coefficient (Wildman–Crippen LogP) is 1.39. The van der Waals surface area contributed by atoms with Crippen LogP contribution in [0.2, 0.25) is 0 Å². The van der Waals surface area contributed by atoms with Gasteiger partial charge >= 0.3 is 0 Å². The molecule has 0 saturated heterocycles. The lowest BCUT2D eigenvalue weighted by Gasteiger charge is -2.21. The third-order valence-electron chi connectivity index (χ3n) is 2.87. The van der Waals surface area contributed by atoms with Crippen LogP contribution in [0.5, 0.6) is 0 Å². The van der Waals surface area contributed by atoms with E-state index in [4.69, 9.17) is 9.47 Å². The largest absolute Gasteiger partial charge is 0.383 e. The zero-order valence-corrected chi connectivity index (χ0v) is 12.8. The van der Waals surface area contributed by atoms with Gasteiger partial charge in [0.2, 0.25) is 0 Å². The summed E-state index contributed by atoms with van der Waals surface area (Å²) in [4.78, 5) is 11.1. The summed E-state index contributed by atoms with van der Waals surface area (Å²) in [6, 6.07) is 0. The molecule has 0 aliphatic heterocycles. The minimum Gasteiger partial charge on any atom is -0.383 e. The average Bonchev–Trinajstić information content (AvgIpc) is 2.49. The highest BCUT2D eigenvalue weighted by molar-refractivity contribution is 5.30. The fourth-order valence-electron chi connectivity index (χ4n) is 1.72. The molecule has 6 nitrogen and oxygen atoms in total. The molecule has 1 N–H and O–H groups in total. The predicted molar refractivity (Wildman–Crippen MR) is 79.8 cm³/mol. The zero-order valence-electron chi connectivity index (χ0n) is 12.8. The van der Waals surface area contributed by atoms with Gasteiger partial charge in [0.25, 0.3) is 0 Å². The summed E-state index contributed by atoms with van der Waals surface area (Å²) >= 11 is 0. The number of rotatable bonds is 11. The van der Waals surface area contributed by atoms with Gasteiger partial charge in [0.1, 0.15) is 5.82 Å². The first kappa shape index (κ1) is 16.8. The van der Waals surface area contributed by atoms with Crippen molar-refractivity contribution in [2.75, 3.05) is 52.4 Å². The third-order valence-corrected chi connectivity index (χ3v) is 2.87. The van der Waals surface area contributed by atoms with E-state index >= 15 is 0 Å². The Morgan fingerprint density at radius 2 is 1.80 bits per heavy atom. The van der Waals surface area contributed by atoms with Crippen LogP contribution < -0.4 is 5.32 Å². The Bertz CT molecular complexity index is 338. The molecule has 0 atom stereocenters. The van der Waals surface area contributed by atoms with Crippen molar-refractivity contribution >= 4 is 5.82 Å². The number of methoxy groups -OCH3 is 2. The molecule has 1 heterocycles. The number of nitrogens with zero attached hydrogens (tertiary/aromatic N) is 3. The van der Waals surface area contributed by atoms with Gasteiger partial charge in [0.05, 0.1) is 31.3 Å². The molecule has 0 aromatic carbocycles. The van der Waals surface area contributed by atoms with Crippen LogP contribution in [0.4, 0.5) is 5.82 Å². The normalized spacial score (nSPS) is 11.0. The number of hydrogen-bond acceptors (Lipinski definition) is 6. The SMILES string of the molecule is CCCNc1cnc(CN(CCOC)CCOC)cn1. The smallest absolute Gasteiger partial charge is 0.144 e. The molecule has 20 heavy (non-hydrogen) atoms. The third kappa shape index (κ3) is 6.79. The van der Waals surface area contributed by atoms with Crippen molar-refractivity contribution in [1.82, 2.24) is 14.9 Å². The first-order chi connectivity index (χ1) is 9.80. The molecular formula is C14H26N4O2. The van der Waals surface area contributed by atoms with Crippen molar-refractivity contribution in [1.29, 1.82) is 0 Å². The second-order valence-corrected chi connectivity index (χ2v) is 4.58. The van der Waals surface area contributed by atoms with Crippen LogP contribution in [0.3, 0.4) is 0 Å². The van der Waals surface area contributed by atoms with Gasteiger partial charge in [-0.1, -0.05) is 6.92 Å². The molecule has 1 aromatic heterocycles. The molecule has 0 fully saturated rings. The molecule has 1 aromatic rings. The Morgan fingerprint density at radius 3 is 2.30 bits per heavy atom. The van der Waals surface area contributed by atoms with E-state index in [0.29, 0.717) is 13.2 Å². The van der Waals surface area contributed by atoms with Crippen LogP contribution in [0, 0.1) is 0 Å². The second-order valence-electron chi connectivity index (χ2n) is 4.58. The Balaban J connectivity index is 2.49. The summed E-state index contributed by atoms with van der Waals surface area (Å²) in [6.07, 6.45) is 4.69. The standard InChI is InChI=1S/C14H26N4O2/c1-4-5-15-14-11-16-13(10-17-14)12-18(6-8-19-2)7-9-20-3/h10-11H,4-9,12H2,1-3H3,(H,15,17). The Labute approximate surface area is 121 Å². The summed E-state index contributed by atoms with van der Waals surface area (Å²) in [7, 11) is 3.42. The highest BCUT2D eigenvalue weighted by Gasteiger charge is 2.07. The van der Waals surface area contributed by atoms with Crippen molar-refractivity contribution in [3.63, 3.8) is 0 Å². The van der Waals surface area contributed by atoms with Crippen molar-refractivity contribution in [3.8, 4) is 0 Å². The molecule has 6 heteroatoms. The molecule has 0 radical (unpaired) electrons. The Kier molecular flexibility index (Phi) is 8.86. The molecular weight excluding hydrogens is 256 g/mol. The van der Waals surface area contributed by atoms with E-state index in [2.05, 4.69) is 27.1 Å². The van der Waals surface area contributed by atoms with E-state index in [1.54, 1.807) is 20.4 Å². The Morgan fingerprint density at radius 1 is 1.10 bits per heavy atom. The molecule has 1 rings (SSSR count). The molecule has 114 valence electrons. The van der Waals surface area contributed by atoms with Gasteiger partial charge in [-0.2, -0.15) is 0 Å². The molecule has 0 aliphatic carbocycles. The van der Waals surface area contributed by atoms with E-state index in [1.807, 2.05) is 6.20 Å². The first-order valence-electron chi connectivity index (χ1n) is 7.05. The quantitative estimate of drug-likeness (QED) is 0.662. The molecule has 0 bridgehead atoms. The van der Waals surface area contributed by atoms with Crippen LogP contribution in [0.25, 0.3) is 0 Å². The Hall–Kier alpha value is -1.24. The summed E-state index contributed by atoms with van der Waals surface area (Å²) in [5.41, 5.74) is 0.958. The second kappa shape index (κ2) is 10.5. The molecule has 0 aliphatic rings.